The van der Waals surface area contributed by atoms with Gasteiger partial charge in [0.25, 0.3) is 0 Å². The summed E-state index contributed by atoms with van der Waals surface area (Å²) >= 11 is 0. The second-order valence-corrected chi connectivity index (χ2v) is 18.2. The molecule has 0 aliphatic carbocycles. The molecule has 0 amide bonds. The molecule has 0 aromatic rings. The van der Waals surface area contributed by atoms with E-state index in [1.54, 1.807) is 13.0 Å². The lowest BCUT2D eigenvalue weighted by molar-refractivity contribution is -0.131. The van der Waals surface area contributed by atoms with Crippen LogP contribution in [0.5, 0.6) is 0 Å². The standard InChI is InChI=1S/C11H26O4Si3/c1-9-10-11(12)13-18(8,14-16(2,3)4)15-17(5,6)7/h9-10H,1-8H3. The van der Waals surface area contributed by atoms with Crippen molar-refractivity contribution in [2.45, 2.75) is 52.8 Å². The topological polar surface area (TPSA) is 44.8 Å². The third-order valence-corrected chi connectivity index (χ3v) is 10.0. The molecule has 0 bridgehead atoms. The largest absolute Gasteiger partial charge is 0.543 e. The molecule has 0 atom stereocenters. The molecule has 18 heavy (non-hydrogen) atoms. The number of hydrogen-bond acceptors (Lipinski definition) is 4. The average molecular weight is 307 g/mol. The van der Waals surface area contributed by atoms with Gasteiger partial charge in [-0.25, -0.2) is 4.79 Å². The SMILES string of the molecule is CC=CC(=O)O[Si](C)(O[Si](C)(C)C)O[Si](C)(C)C. The van der Waals surface area contributed by atoms with Crippen LogP contribution in [0.3, 0.4) is 0 Å². The molecular formula is C11H26O4Si3. The van der Waals surface area contributed by atoms with Crippen LogP contribution < -0.4 is 0 Å². The first-order valence-corrected chi connectivity index (χ1v) is 15.2. The highest BCUT2D eigenvalue weighted by molar-refractivity contribution is 6.85. The Bertz CT molecular complexity index is 299. The zero-order chi connectivity index (χ0) is 14.6. The molecule has 106 valence electrons. The Morgan fingerprint density at radius 2 is 1.28 bits per heavy atom. The first-order valence-electron chi connectivity index (χ1n) is 6.13. The Hall–Kier alpha value is -0.219. The van der Waals surface area contributed by atoms with Crippen molar-refractivity contribution in [3.8, 4) is 0 Å². The van der Waals surface area contributed by atoms with E-state index in [1.165, 1.54) is 6.08 Å². The van der Waals surface area contributed by atoms with E-state index in [9.17, 15) is 4.79 Å². The van der Waals surface area contributed by atoms with Gasteiger partial charge in [-0.05, 0) is 46.2 Å². The van der Waals surface area contributed by atoms with Crippen LogP contribution in [0, 0.1) is 0 Å². The van der Waals surface area contributed by atoms with Crippen LogP contribution >= 0.6 is 0 Å². The molecule has 0 rings (SSSR count). The molecule has 0 aromatic heterocycles. The number of carbonyl (C=O) groups is 1. The number of rotatable bonds is 6. The van der Waals surface area contributed by atoms with Gasteiger partial charge in [0.05, 0.1) is 0 Å². The van der Waals surface area contributed by atoms with Gasteiger partial charge in [0.15, 0.2) is 16.6 Å². The second-order valence-electron chi connectivity index (χ2n) is 6.21. The van der Waals surface area contributed by atoms with E-state index in [4.69, 9.17) is 12.7 Å². The summed E-state index contributed by atoms with van der Waals surface area (Å²) in [5, 5.41) is 0. The Kier molecular flexibility index (Phi) is 6.21. The molecule has 4 nitrogen and oxygen atoms in total. The lowest BCUT2D eigenvalue weighted by atomic mass is 10.5. The third-order valence-electron chi connectivity index (χ3n) is 1.57. The van der Waals surface area contributed by atoms with Gasteiger partial charge < -0.3 is 12.7 Å². The molecule has 0 fully saturated rings. The first-order chi connectivity index (χ1) is 7.87. The summed E-state index contributed by atoms with van der Waals surface area (Å²) in [4.78, 5) is 11.6. The Labute approximate surface area is 114 Å². The van der Waals surface area contributed by atoms with E-state index >= 15 is 0 Å². The van der Waals surface area contributed by atoms with E-state index < -0.39 is 25.4 Å². The maximum atomic E-state index is 11.6. The normalized spacial score (nSPS) is 14.0. The molecule has 7 heteroatoms. The van der Waals surface area contributed by atoms with Crippen molar-refractivity contribution in [1.82, 2.24) is 0 Å². The maximum Gasteiger partial charge on any atom is 0.543 e. The minimum absolute atomic E-state index is 0.386. The third kappa shape index (κ3) is 8.81. The van der Waals surface area contributed by atoms with Gasteiger partial charge in [-0.15, -0.1) is 0 Å². The molecule has 0 heterocycles. The number of allylic oxidation sites excluding steroid dienone is 1. The quantitative estimate of drug-likeness (QED) is 0.557. The van der Waals surface area contributed by atoms with Crippen molar-refractivity contribution in [2.24, 2.45) is 0 Å². The fourth-order valence-corrected chi connectivity index (χ4v) is 11.7. The van der Waals surface area contributed by atoms with E-state index in [1.807, 2.05) is 6.55 Å². The zero-order valence-corrected chi connectivity index (χ0v) is 15.8. The molecule has 0 saturated heterocycles. The molecule has 0 saturated carbocycles. The average Bonchev–Trinajstić information content (AvgIpc) is 1.93. The summed E-state index contributed by atoms with van der Waals surface area (Å²) in [5.41, 5.74) is 0. The fourth-order valence-electron chi connectivity index (χ4n) is 1.53. The lowest BCUT2D eigenvalue weighted by Gasteiger charge is -2.36. The molecule has 0 N–H and O–H groups in total. The predicted molar refractivity (Wildman–Crippen MR) is 81.4 cm³/mol. The molecule has 0 aromatic carbocycles. The summed E-state index contributed by atoms with van der Waals surface area (Å²) in [6, 6.07) is 0. The highest BCUT2D eigenvalue weighted by Crippen LogP contribution is 2.21. The number of carbonyl (C=O) groups excluding carboxylic acids is 1. The highest BCUT2D eigenvalue weighted by atomic mass is 28.5. The zero-order valence-electron chi connectivity index (χ0n) is 12.8. The predicted octanol–water partition coefficient (Wildman–Crippen LogP) is 3.38. The van der Waals surface area contributed by atoms with Gasteiger partial charge in [-0.2, -0.15) is 0 Å². The van der Waals surface area contributed by atoms with Gasteiger partial charge in [-0.3, -0.25) is 0 Å². The molecule has 0 spiro atoms. The molecule has 0 aliphatic heterocycles. The van der Waals surface area contributed by atoms with Crippen molar-refractivity contribution >= 4 is 31.4 Å². The van der Waals surface area contributed by atoms with Crippen LogP contribution in [0.25, 0.3) is 0 Å². The van der Waals surface area contributed by atoms with Gasteiger partial charge >= 0.3 is 14.8 Å². The smallest absolute Gasteiger partial charge is 0.471 e. The maximum absolute atomic E-state index is 11.6. The fraction of sp³-hybridized carbons (Fsp3) is 0.727. The molecule has 0 unspecified atom stereocenters. The van der Waals surface area contributed by atoms with Crippen molar-refractivity contribution in [1.29, 1.82) is 0 Å². The molecule has 0 radical (unpaired) electrons. The lowest BCUT2D eigenvalue weighted by Crippen LogP contribution is -2.55. The summed E-state index contributed by atoms with van der Waals surface area (Å²) < 4.78 is 17.5. The van der Waals surface area contributed by atoms with Crippen LogP contribution in [0.2, 0.25) is 45.8 Å². The number of hydrogen-bond donors (Lipinski definition) is 0. The van der Waals surface area contributed by atoms with Gasteiger partial charge in [0, 0.05) is 12.6 Å². The van der Waals surface area contributed by atoms with Gasteiger partial charge in [-0.1, -0.05) is 6.08 Å². The van der Waals surface area contributed by atoms with E-state index in [-0.39, 0.29) is 5.97 Å². The van der Waals surface area contributed by atoms with Crippen molar-refractivity contribution < 1.29 is 17.5 Å². The first kappa shape index (κ1) is 17.8. The minimum Gasteiger partial charge on any atom is -0.471 e. The minimum atomic E-state index is -2.90. The van der Waals surface area contributed by atoms with Crippen molar-refractivity contribution in [3.05, 3.63) is 12.2 Å². The van der Waals surface area contributed by atoms with Crippen LogP contribution in [0.4, 0.5) is 0 Å². The van der Waals surface area contributed by atoms with E-state index in [2.05, 4.69) is 39.3 Å². The van der Waals surface area contributed by atoms with E-state index in [0.29, 0.717) is 0 Å². The van der Waals surface area contributed by atoms with Gasteiger partial charge in [0.1, 0.15) is 0 Å². The Morgan fingerprint density at radius 3 is 1.56 bits per heavy atom. The van der Waals surface area contributed by atoms with Crippen molar-refractivity contribution in [2.75, 3.05) is 0 Å². The summed E-state index contributed by atoms with van der Waals surface area (Å²) in [6.45, 7) is 16.0. The summed E-state index contributed by atoms with van der Waals surface area (Å²) in [6.07, 6.45) is 3.05. The molecular weight excluding hydrogens is 280 g/mol. The van der Waals surface area contributed by atoms with Crippen molar-refractivity contribution in [3.63, 3.8) is 0 Å². The second kappa shape index (κ2) is 6.29. The van der Waals surface area contributed by atoms with Gasteiger partial charge in [0.2, 0.25) is 0 Å². The van der Waals surface area contributed by atoms with Crippen LogP contribution in [0.15, 0.2) is 12.2 Å². The van der Waals surface area contributed by atoms with Crippen LogP contribution in [0.1, 0.15) is 6.92 Å². The Balaban J connectivity index is 4.97. The highest BCUT2D eigenvalue weighted by Gasteiger charge is 2.45. The van der Waals surface area contributed by atoms with E-state index in [0.717, 1.165) is 0 Å². The summed E-state index contributed by atoms with van der Waals surface area (Å²) in [7, 11) is -6.55. The molecule has 0 aliphatic rings. The van der Waals surface area contributed by atoms with Crippen LogP contribution in [-0.4, -0.2) is 31.4 Å². The monoisotopic (exact) mass is 306 g/mol. The Morgan fingerprint density at radius 1 is 0.889 bits per heavy atom. The van der Waals surface area contributed by atoms with Crippen LogP contribution in [-0.2, 0) is 17.5 Å². The summed E-state index contributed by atoms with van der Waals surface area (Å²) in [5.74, 6) is -0.386.